The Hall–Kier alpha value is -1.59. The van der Waals surface area contributed by atoms with Gasteiger partial charge in [0.15, 0.2) is 0 Å². The molecule has 0 fully saturated rings. The Kier molecular flexibility index (Phi) is 4.34. The van der Waals surface area contributed by atoms with Crippen LogP contribution in [0.3, 0.4) is 0 Å². The number of thiol groups is 1. The average Bonchev–Trinajstić information content (AvgIpc) is 2.78. The first-order valence-electron chi connectivity index (χ1n) is 7.30. The fourth-order valence-corrected chi connectivity index (χ4v) is 3.23. The summed E-state index contributed by atoms with van der Waals surface area (Å²) in [5.74, 6) is 0.732. The fourth-order valence-electron chi connectivity index (χ4n) is 2.65. The van der Waals surface area contributed by atoms with Gasteiger partial charge in [-0.3, -0.25) is 0 Å². The SMILES string of the molecule is Cc1c(CC(C)C)oc2c(S)c(-c3c(F)ncnc3Cl)ccc12. The first-order valence-corrected chi connectivity index (χ1v) is 8.13. The molecule has 0 amide bonds. The van der Waals surface area contributed by atoms with Gasteiger partial charge in [0.2, 0.25) is 5.95 Å². The number of rotatable bonds is 3. The summed E-state index contributed by atoms with van der Waals surface area (Å²) >= 11 is 10.6. The highest BCUT2D eigenvalue weighted by Gasteiger charge is 2.20. The van der Waals surface area contributed by atoms with Crippen LogP contribution in [-0.4, -0.2) is 9.97 Å². The van der Waals surface area contributed by atoms with E-state index in [0.717, 1.165) is 29.5 Å². The molecule has 23 heavy (non-hydrogen) atoms. The third-order valence-corrected chi connectivity index (χ3v) is 4.53. The molecule has 0 bridgehead atoms. The largest absolute Gasteiger partial charge is 0.460 e. The first kappa shape index (κ1) is 16.3. The molecule has 0 N–H and O–H groups in total. The third-order valence-electron chi connectivity index (χ3n) is 3.80. The normalized spacial score (nSPS) is 11.6. The molecular weight excluding hydrogens is 335 g/mol. The van der Waals surface area contributed by atoms with Crippen LogP contribution in [0, 0.1) is 18.8 Å². The molecule has 0 radical (unpaired) electrons. The van der Waals surface area contributed by atoms with Crippen LogP contribution >= 0.6 is 24.2 Å². The second-order valence-corrected chi connectivity index (χ2v) is 6.72. The predicted octanol–water partition coefficient (Wildman–Crippen LogP) is 5.48. The minimum absolute atomic E-state index is 0.0535. The zero-order chi connectivity index (χ0) is 16.7. The highest BCUT2D eigenvalue weighted by Crippen LogP contribution is 2.39. The van der Waals surface area contributed by atoms with Crippen LogP contribution in [-0.2, 0) is 6.42 Å². The summed E-state index contributed by atoms with van der Waals surface area (Å²) in [5.41, 5.74) is 2.39. The predicted molar refractivity (Wildman–Crippen MR) is 92.7 cm³/mol. The smallest absolute Gasteiger partial charge is 0.225 e. The third kappa shape index (κ3) is 2.83. The Morgan fingerprint density at radius 3 is 2.70 bits per heavy atom. The summed E-state index contributed by atoms with van der Waals surface area (Å²) in [6, 6.07) is 3.68. The van der Waals surface area contributed by atoms with Gasteiger partial charge in [0, 0.05) is 17.4 Å². The van der Waals surface area contributed by atoms with Crippen molar-refractivity contribution in [3.05, 3.63) is 40.9 Å². The lowest BCUT2D eigenvalue weighted by Gasteiger charge is -2.07. The summed E-state index contributed by atoms with van der Waals surface area (Å²) in [7, 11) is 0. The summed E-state index contributed by atoms with van der Waals surface area (Å²) in [5, 5.41) is 1.03. The number of fused-ring (bicyclic) bond motifs is 1. The maximum atomic E-state index is 14.1. The van der Waals surface area contributed by atoms with E-state index >= 15 is 0 Å². The molecule has 3 rings (SSSR count). The number of hydrogen-bond acceptors (Lipinski definition) is 4. The minimum Gasteiger partial charge on any atom is -0.460 e. The molecule has 2 aromatic heterocycles. The number of aromatic nitrogens is 2. The molecule has 0 saturated heterocycles. The van der Waals surface area contributed by atoms with Gasteiger partial charge in [0.1, 0.15) is 22.8 Å². The van der Waals surface area contributed by atoms with Gasteiger partial charge in [-0.2, -0.15) is 4.39 Å². The van der Waals surface area contributed by atoms with E-state index < -0.39 is 5.95 Å². The van der Waals surface area contributed by atoms with Gasteiger partial charge in [-0.25, -0.2) is 9.97 Å². The fraction of sp³-hybridized carbons (Fsp3) is 0.294. The highest BCUT2D eigenvalue weighted by atomic mass is 35.5. The molecule has 0 aliphatic heterocycles. The number of benzene rings is 1. The van der Waals surface area contributed by atoms with Gasteiger partial charge < -0.3 is 4.42 Å². The molecule has 0 saturated carbocycles. The van der Waals surface area contributed by atoms with E-state index in [0.29, 0.717) is 22.0 Å². The van der Waals surface area contributed by atoms with Crippen LogP contribution in [0.25, 0.3) is 22.1 Å². The van der Waals surface area contributed by atoms with Gasteiger partial charge in [-0.1, -0.05) is 37.6 Å². The Morgan fingerprint density at radius 2 is 2.04 bits per heavy atom. The van der Waals surface area contributed by atoms with Crippen molar-refractivity contribution < 1.29 is 8.81 Å². The Morgan fingerprint density at radius 1 is 1.30 bits per heavy atom. The molecule has 3 nitrogen and oxygen atoms in total. The van der Waals surface area contributed by atoms with Gasteiger partial charge >= 0.3 is 0 Å². The first-order chi connectivity index (χ1) is 10.9. The maximum Gasteiger partial charge on any atom is 0.225 e. The van der Waals surface area contributed by atoms with Crippen LogP contribution in [0.2, 0.25) is 5.15 Å². The van der Waals surface area contributed by atoms with Crippen molar-refractivity contribution in [1.29, 1.82) is 0 Å². The van der Waals surface area contributed by atoms with E-state index in [4.69, 9.17) is 16.0 Å². The van der Waals surface area contributed by atoms with E-state index in [2.05, 4.69) is 36.4 Å². The number of aryl methyl sites for hydroxylation is 1. The van der Waals surface area contributed by atoms with Gasteiger partial charge in [0.25, 0.3) is 0 Å². The van der Waals surface area contributed by atoms with Gasteiger partial charge in [0.05, 0.1) is 10.5 Å². The van der Waals surface area contributed by atoms with Crippen molar-refractivity contribution in [1.82, 2.24) is 9.97 Å². The zero-order valence-electron chi connectivity index (χ0n) is 13.0. The van der Waals surface area contributed by atoms with Crippen LogP contribution in [0.1, 0.15) is 25.2 Å². The molecule has 6 heteroatoms. The number of hydrogen-bond donors (Lipinski definition) is 1. The molecule has 2 heterocycles. The van der Waals surface area contributed by atoms with E-state index in [1.165, 1.54) is 0 Å². The summed E-state index contributed by atoms with van der Waals surface area (Å²) in [4.78, 5) is 7.96. The van der Waals surface area contributed by atoms with E-state index in [9.17, 15) is 4.39 Å². The van der Waals surface area contributed by atoms with Crippen molar-refractivity contribution in [3.8, 4) is 11.1 Å². The molecule has 120 valence electrons. The Labute approximate surface area is 144 Å². The van der Waals surface area contributed by atoms with Crippen molar-refractivity contribution in [2.45, 2.75) is 32.1 Å². The molecular formula is C17H16ClFN2OS. The topological polar surface area (TPSA) is 38.9 Å². The van der Waals surface area contributed by atoms with Crippen molar-refractivity contribution >= 4 is 35.2 Å². The minimum atomic E-state index is -0.676. The number of furan rings is 1. The van der Waals surface area contributed by atoms with Crippen LogP contribution in [0.15, 0.2) is 27.8 Å². The Bertz CT molecular complexity index is 872. The molecule has 1 aromatic carbocycles. The second-order valence-electron chi connectivity index (χ2n) is 5.92. The van der Waals surface area contributed by atoms with Gasteiger partial charge in [-0.15, -0.1) is 12.6 Å². The van der Waals surface area contributed by atoms with Crippen LogP contribution in [0.5, 0.6) is 0 Å². The molecule has 3 aromatic rings. The van der Waals surface area contributed by atoms with Crippen LogP contribution in [0.4, 0.5) is 4.39 Å². The molecule has 0 atom stereocenters. The van der Waals surface area contributed by atoms with Crippen molar-refractivity contribution in [3.63, 3.8) is 0 Å². The summed E-state index contributed by atoms with van der Waals surface area (Å²) in [6.45, 7) is 6.29. The Balaban J connectivity index is 2.24. The van der Waals surface area contributed by atoms with E-state index in [-0.39, 0.29) is 10.7 Å². The quantitative estimate of drug-likeness (QED) is 0.502. The standard InChI is InChI=1S/C17H16ClFN2OS/c1-8(2)6-12-9(3)10-4-5-11(15(23)14(10)22-12)13-16(18)20-7-21-17(13)19/h4-5,7-8,23H,6H2,1-3H3. The molecule has 0 spiro atoms. The van der Waals surface area contributed by atoms with Crippen LogP contribution < -0.4 is 0 Å². The number of nitrogens with zero attached hydrogens (tertiary/aromatic N) is 2. The van der Waals surface area contributed by atoms with E-state index in [1.807, 2.05) is 13.0 Å². The van der Waals surface area contributed by atoms with Crippen molar-refractivity contribution in [2.24, 2.45) is 5.92 Å². The van der Waals surface area contributed by atoms with Gasteiger partial charge in [-0.05, 0) is 18.4 Å². The zero-order valence-corrected chi connectivity index (χ0v) is 14.7. The number of halogens is 2. The molecule has 0 aliphatic carbocycles. The molecule has 0 unspecified atom stereocenters. The second kappa shape index (κ2) is 6.13. The monoisotopic (exact) mass is 350 g/mol. The lowest BCUT2D eigenvalue weighted by Crippen LogP contribution is -1.94. The lowest BCUT2D eigenvalue weighted by molar-refractivity contribution is 0.493. The van der Waals surface area contributed by atoms with E-state index in [1.54, 1.807) is 6.07 Å². The average molecular weight is 351 g/mol. The van der Waals surface area contributed by atoms with Crippen molar-refractivity contribution in [2.75, 3.05) is 0 Å². The summed E-state index contributed by atoms with van der Waals surface area (Å²) < 4.78 is 20.1. The lowest BCUT2D eigenvalue weighted by atomic mass is 10.0. The highest BCUT2D eigenvalue weighted by molar-refractivity contribution is 7.80. The summed E-state index contributed by atoms with van der Waals surface area (Å²) in [6.07, 6.45) is 1.93. The maximum absolute atomic E-state index is 14.1. The molecule has 0 aliphatic rings.